The van der Waals surface area contributed by atoms with E-state index in [0.717, 1.165) is 49.7 Å². The molecule has 1 saturated heterocycles. The largest absolute Gasteiger partial charge is 0.374 e. The van der Waals surface area contributed by atoms with E-state index in [-0.39, 0.29) is 6.10 Å². The molecule has 1 fully saturated rings. The van der Waals surface area contributed by atoms with Crippen molar-refractivity contribution in [3.8, 4) is 11.4 Å². The van der Waals surface area contributed by atoms with E-state index in [0.29, 0.717) is 0 Å². The molecule has 25 heavy (non-hydrogen) atoms. The van der Waals surface area contributed by atoms with Gasteiger partial charge < -0.3 is 15.4 Å². The van der Waals surface area contributed by atoms with Crippen LogP contribution in [0.3, 0.4) is 0 Å². The molecule has 1 atom stereocenters. The number of hydrogen-bond acceptors (Lipinski definition) is 5. The molecule has 0 amide bonds. The highest BCUT2D eigenvalue weighted by atomic mass is 16.5. The van der Waals surface area contributed by atoms with Crippen LogP contribution in [0.5, 0.6) is 0 Å². The van der Waals surface area contributed by atoms with Gasteiger partial charge >= 0.3 is 0 Å². The van der Waals surface area contributed by atoms with Gasteiger partial charge in [0.2, 0.25) is 0 Å². The van der Waals surface area contributed by atoms with E-state index in [1.807, 2.05) is 18.5 Å². The first-order valence-corrected chi connectivity index (χ1v) is 8.71. The number of fused-ring (bicyclic) bond motifs is 1. The average molecular weight is 334 g/mol. The van der Waals surface area contributed by atoms with Gasteiger partial charge in [-0.2, -0.15) is 0 Å². The molecule has 0 saturated carbocycles. The van der Waals surface area contributed by atoms with Crippen molar-refractivity contribution >= 4 is 10.8 Å². The summed E-state index contributed by atoms with van der Waals surface area (Å²) in [6.07, 6.45) is 4.03. The Morgan fingerprint density at radius 2 is 1.92 bits per heavy atom. The Bertz CT molecular complexity index is 828. The molecule has 1 aromatic heterocycles. The van der Waals surface area contributed by atoms with E-state index in [2.05, 4.69) is 57.0 Å². The smallest absolute Gasteiger partial charge is 0.159 e. The third kappa shape index (κ3) is 4.02. The van der Waals surface area contributed by atoms with Gasteiger partial charge in [-0.1, -0.05) is 36.4 Å². The van der Waals surface area contributed by atoms with E-state index in [1.54, 1.807) is 0 Å². The van der Waals surface area contributed by atoms with Crippen LogP contribution >= 0.6 is 0 Å². The first kappa shape index (κ1) is 16.1. The molecule has 0 radical (unpaired) electrons. The monoisotopic (exact) mass is 334 g/mol. The fraction of sp³-hybridized carbons (Fsp3) is 0.300. The van der Waals surface area contributed by atoms with Gasteiger partial charge in [-0.05, 0) is 16.8 Å². The molecule has 2 aromatic carbocycles. The van der Waals surface area contributed by atoms with Gasteiger partial charge in [0.25, 0.3) is 0 Å². The zero-order chi connectivity index (χ0) is 16.9. The standard InChI is InChI=1S/C20H22N4O/c1-2-4-17-9-18(6-5-16(17)3-1)20-23-11-15(12-24-20)10-22-14-19-13-21-7-8-25-19/h1-6,9,11-12,19,21-22H,7-8,10,13-14H2/t19-/m1/s1. The van der Waals surface area contributed by atoms with Gasteiger partial charge in [-0.3, -0.25) is 0 Å². The van der Waals surface area contributed by atoms with E-state index < -0.39 is 0 Å². The topological polar surface area (TPSA) is 59.1 Å². The fourth-order valence-corrected chi connectivity index (χ4v) is 3.05. The van der Waals surface area contributed by atoms with Crippen molar-refractivity contribution in [3.05, 3.63) is 60.4 Å². The highest BCUT2D eigenvalue weighted by molar-refractivity contribution is 5.86. The summed E-state index contributed by atoms with van der Waals surface area (Å²) in [4.78, 5) is 9.05. The van der Waals surface area contributed by atoms with Crippen molar-refractivity contribution in [2.75, 3.05) is 26.2 Å². The van der Waals surface area contributed by atoms with Crippen LogP contribution in [0.25, 0.3) is 22.2 Å². The Balaban J connectivity index is 1.38. The van der Waals surface area contributed by atoms with Crippen molar-refractivity contribution < 1.29 is 4.74 Å². The summed E-state index contributed by atoms with van der Waals surface area (Å²) < 4.78 is 5.67. The van der Waals surface area contributed by atoms with Crippen molar-refractivity contribution in [2.24, 2.45) is 0 Å². The third-order valence-corrected chi connectivity index (χ3v) is 4.42. The predicted molar refractivity (Wildman–Crippen MR) is 99.3 cm³/mol. The molecule has 2 heterocycles. The first-order valence-electron chi connectivity index (χ1n) is 8.71. The first-order chi connectivity index (χ1) is 12.4. The van der Waals surface area contributed by atoms with Crippen molar-refractivity contribution in [1.29, 1.82) is 0 Å². The molecule has 0 unspecified atom stereocenters. The second-order valence-electron chi connectivity index (χ2n) is 6.30. The molecule has 3 aromatic rings. The van der Waals surface area contributed by atoms with Crippen molar-refractivity contribution in [1.82, 2.24) is 20.6 Å². The molecule has 1 aliphatic rings. The van der Waals surface area contributed by atoms with Crippen molar-refractivity contribution in [2.45, 2.75) is 12.6 Å². The summed E-state index contributed by atoms with van der Waals surface area (Å²) in [7, 11) is 0. The second-order valence-corrected chi connectivity index (χ2v) is 6.30. The number of ether oxygens (including phenoxy) is 1. The van der Waals surface area contributed by atoms with Crippen LogP contribution in [-0.4, -0.2) is 42.3 Å². The molecular formula is C20H22N4O. The summed E-state index contributed by atoms with van der Waals surface area (Å²) in [5.41, 5.74) is 2.12. The highest BCUT2D eigenvalue weighted by Gasteiger charge is 2.12. The molecule has 2 N–H and O–H groups in total. The maximum Gasteiger partial charge on any atom is 0.159 e. The quantitative estimate of drug-likeness (QED) is 0.750. The summed E-state index contributed by atoms with van der Waals surface area (Å²) in [5, 5.41) is 9.17. The van der Waals surface area contributed by atoms with Crippen LogP contribution in [-0.2, 0) is 11.3 Å². The molecule has 0 bridgehead atoms. The van der Waals surface area contributed by atoms with E-state index in [1.165, 1.54) is 10.8 Å². The molecule has 5 nitrogen and oxygen atoms in total. The van der Waals surface area contributed by atoms with Gasteiger partial charge in [0.15, 0.2) is 5.82 Å². The van der Waals surface area contributed by atoms with E-state index >= 15 is 0 Å². The minimum absolute atomic E-state index is 0.242. The molecule has 0 aliphatic carbocycles. The molecule has 4 rings (SSSR count). The van der Waals surface area contributed by atoms with Gasteiger partial charge in [-0.25, -0.2) is 9.97 Å². The molecule has 1 aliphatic heterocycles. The summed E-state index contributed by atoms with van der Waals surface area (Å²) in [6.45, 7) is 4.22. The van der Waals surface area contributed by atoms with Crippen LogP contribution < -0.4 is 10.6 Å². The molecule has 0 spiro atoms. The number of morpholine rings is 1. The highest BCUT2D eigenvalue weighted by Crippen LogP contribution is 2.21. The van der Waals surface area contributed by atoms with Crippen LogP contribution in [0.4, 0.5) is 0 Å². The maximum absolute atomic E-state index is 5.67. The van der Waals surface area contributed by atoms with Crippen LogP contribution in [0.15, 0.2) is 54.9 Å². The Hall–Kier alpha value is -2.34. The lowest BCUT2D eigenvalue weighted by Gasteiger charge is -2.23. The van der Waals surface area contributed by atoms with Gasteiger partial charge in [0, 0.05) is 49.7 Å². The minimum Gasteiger partial charge on any atom is -0.374 e. The number of rotatable bonds is 5. The summed E-state index contributed by atoms with van der Waals surface area (Å²) in [6, 6.07) is 14.6. The van der Waals surface area contributed by atoms with Gasteiger partial charge in [-0.15, -0.1) is 0 Å². The lowest BCUT2D eigenvalue weighted by molar-refractivity contribution is 0.0290. The number of hydrogen-bond donors (Lipinski definition) is 2. The lowest BCUT2D eigenvalue weighted by atomic mass is 10.1. The van der Waals surface area contributed by atoms with Crippen LogP contribution in [0.2, 0.25) is 0 Å². The maximum atomic E-state index is 5.67. The van der Waals surface area contributed by atoms with Gasteiger partial charge in [0.05, 0.1) is 12.7 Å². The zero-order valence-corrected chi connectivity index (χ0v) is 14.1. The molecular weight excluding hydrogens is 312 g/mol. The average Bonchev–Trinajstić information content (AvgIpc) is 2.69. The normalized spacial score (nSPS) is 17.7. The molecule has 128 valence electrons. The number of nitrogens with zero attached hydrogens (tertiary/aromatic N) is 2. The van der Waals surface area contributed by atoms with E-state index in [4.69, 9.17) is 4.74 Å². The number of aromatic nitrogens is 2. The van der Waals surface area contributed by atoms with Crippen molar-refractivity contribution in [3.63, 3.8) is 0 Å². The fourth-order valence-electron chi connectivity index (χ4n) is 3.05. The Morgan fingerprint density at radius 1 is 1.08 bits per heavy atom. The third-order valence-electron chi connectivity index (χ3n) is 4.42. The summed E-state index contributed by atoms with van der Waals surface area (Å²) >= 11 is 0. The van der Waals surface area contributed by atoms with Crippen LogP contribution in [0, 0.1) is 0 Å². The Kier molecular flexibility index (Phi) is 4.97. The van der Waals surface area contributed by atoms with Crippen LogP contribution in [0.1, 0.15) is 5.56 Å². The summed E-state index contributed by atoms with van der Waals surface area (Å²) in [5.74, 6) is 0.759. The minimum atomic E-state index is 0.242. The number of benzene rings is 2. The predicted octanol–water partition coefficient (Wildman–Crippen LogP) is 2.37. The SMILES string of the molecule is c1ccc2cc(-c3ncc(CNC[C@H]4CNCCO4)cn3)ccc2c1. The van der Waals surface area contributed by atoms with Gasteiger partial charge in [0.1, 0.15) is 0 Å². The lowest BCUT2D eigenvalue weighted by Crippen LogP contribution is -2.43. The molecule has 5 heteroatoms. The number of nitrogens with one attached hydrogen (secondary N) is 2. The Morgan fingerprint density at radius 3 is 2.72 bits per heavy atom. The zero-order valence-electron chi connectivity index (χ0n) is 14.1. The second kappa shape index (κ2) is 7.70. The Labute approximate surface area is 147 Å². The van der Waals surface area contributed by atoms with E-state index in [9.17, 15) is 0 Å².